The molecule has 2 N–H and O–H groups in total. The lowest BCUT2D eigenvalue weighted by molar-refractivity contribution is 0.456. The zero-order valence-electron chi connectivity index (χ0n) is 12.8. The number of anilines is 1. The number of pyridine rings is 1. The minimum atomic E-state index is 0.464. The Labute approximate surface area is 127 Å². The van der Waals surface area contributed by atoms with Crippen molar-refractivity contribution in [2.45, 2.75) is 51.1 Å². The van der Waals surface area contributed by atoms with Crippen LogP contribution in [-0.2, 0) is 0 Å². The number of aromatic nitrogens is 1. The summed E-state index contributed by atoms with van der Waals surface area (Å²) in [6.07, 6.45) is 8.40. The van der Waals surface area contributed by atoms with Crippen LogP contribution < -0.4 is 10.6 Å². The quantitative estimate of drug-likeness (QED) is 0.892. The molecule has 1 aromatic carbocycles. The molecule has 0 saturated carbocycles. The zero-order valence-corrected chi connectivity index (χ0v) is 12.8. The molecule has 0 bridgehead atoms. The predicted octanol–water partition coefficient (Wildman–Crippen LogP) is 3.96. The Morgan fingerprint density at radius 1 is 1.24 bits per heavy atom. The summed E-state index contributed by atoms with van der Waals surface area (Å²) in [7, 11) is 0. The molecular weight excluding hydrogens is 258 g/mol. The Balaban J connectivity index is 1.67. The van der Waals surface area contributed by atoms with E-state index in [2.05, 4.69) is 46.8 Å². The standard InChI is InChI=1S/C18H25N3/c1-14(13-15-7-3-2-4-11-19-15)21-18-10-5-9-17-16(18)8-6-12-20-17/h5-6,8-10,12,14-15,19,21H,2-4,7,11,13H2,1H3. The molecule has 2 aromatic rings. The topological polar surface area (TPSA) is 37.0 Å². The van der Waals surface area contributed by atoms with Gasteiger partial charge in [-0.15, -0.1) is 0 Å². The fraction of sp³-hybridized carbons (Fsp3) is 0.500. The minimum absolute atomic E-state index is 0.464. The van der Waals surface area contributed by atoms with Crippen LogP contribution in [0.25, 0.3) is 10.9 Å². The van der Waals surface area contributed by atoms with Gasteiger partial charge in [0.15, 0.2) is 0 Å². The van der Waals surface area contributed by atoms with Crippen LogP contribution in [0.3, 0.4) is 0 Å². The number of hydrogen-bond acceptors (Lipinski definition) is 3. The summed E-state index contributed by atoms with van der Waals surface area (Å²) in [5.74, 6) is 0. The molecule has 1 aliphatic heterocycles. The first kappa shape index (κ1) is 14.3. The smallest absolute Gasteiger partial charge is 0.0722 e. The highest BCUT2D eigenvalue weighted by Gasteiger charge is 2.15. The van der Waals surface area contributed by atoms with Crippen molar-refractivity contribution in [3.05, 3.63) is 36.5 Å². The maximum Gasteiger partial charge on any atom is 0.0722 e. The van der Waals surface area contributed by atoms with E-state index in [4.69, 9.17) is 0 Å². The Bertz CT molecular complexity index is 568. The SMILES string of the molecule is CC(CC1CCCCCN1)Nc1cccc2ncccc12. The summed E-state index contributed by atoms with van der Waals surface area (Å²) >= 11 is 0. The Morgan fingerprint density at radius 3 is 3.14 bits per heavy atom. The zero-order chi connectivity index (χ0) is 14.5. The van der Waals surface area contributed by atoms with Crippen molar-refractivity contribution in [1.29, 1.82) is 0 Å². The van der Waals surface area contributed by atoms with E-state index in [1.165, 1.54) is 49.7 Å². The summed E-state index contributed by atoms with van der Waals surface area (Å²) in [5, 5.41) is 8.56. The fourth-order valence-corrected chi connectivity index (χ4v) is 3.28. The number of fused-ring (bicyclic) bond motifs is 1. The van der Waals surface area contributed by atoms with Gasteiger partial charge in [0.25, 0.3) is 0 Å². The highest BCUT2D eigenvalue weighted by Crippen LogP contribution is 2.23. The Morgan fingerprint density at radius 2 is 2.19 bits per heavy atom. The van der Waals surface area contributed by atoms with Gasteiger partial charge in [0.05, 0.1) is 5.52 Å². The first-order valence-electron chi connectivity index (χ1n) is 8.16. The molecule has 2 atom stereocenters. The van der Waals surface area contributed by atoms with Crippen molar-refractivity contribution < 1.29 is 0 Å². The summed E-state index contributed by atoms with van der Waals surface area (Å²) in [6, 6.07) is 11.6. The maximum atomic E-state index is 4.42. The van der Waals surface area contributed by atoms with Gasteiger partial charge >= 0.3 is 0 Å². The molecule has 3 heteroatoms. The molecule has 1 aliphatic rings. The second-order valence-corrected chi connectivity index (χ2v) is 6.16. The fourth-order valence-electron chi connectivity index (χ4n) is 3.28. The third-order valence-electron chi connectivity index (χ3n) is 4.35. The Hall–Kier alpha value is -1.61. The number of nitrogens with zero attached hydrogens (tertiary/aromatic N) is 1. The molecule has 0 radical (unpaired) electrons. The monoisotopic (exact) mass is 283 g/mol. The van der Waals surface area contributed by atoms with Crippen LogP contribution in [0.15, 0.2) is 36.5 Å². The molecule has 1 fully saturated rings. The molecule has 112 valence electrons. The van der Waals surface area contributed by atoms with Crippen LogP contribution in [0.4, 0.5) is 5.69 Å². The number of hydrogen-bond donors (Lipinski definition) is 2. The van der Waals surface area contributed by atoms with E-state index in [-0.39, 0.29) is 0 Å². The van der Waals surface area contributed by atoms with Gasteiger partial charge in [-0.25, -0.2) is 0 Å². The molecule has 0 amide bonds. The molecule has 0 spiro atoms. The van der Waals surface area contributed by atoms with Crippen LogP contribution in [0.1, 0.15) is 39.0 Å². The van der Waals surface area contributed by atoms with E-state index >= 15 is 0 Å². The van der Waals surface area contributed by atoms with Crippen molar-refractivity contribution in [2.75, 3.05) is 11.9 Å². The van der Waals surface area contributed by atoms with Gasteiger partial charge in [0.2, 0.25) is 0 Å². The number of nitrogens with one attached hydrogen (secondary N) is 2. The number of rotatable bonds is 4. The van der Waals surface area contributed by atoms with E-state index < -0.39 is 0 Å². The first-order valence-corrected chi connectivity index (χ1v) is 8.16. The lowest BCUT2D eigenvalue weighted by Crippen LogP contribution is -2.33. The minimum Gasteiger partial charge on any atom is -0.382 e. The van der Waals surface area contributed by atoms with Crippen LogP contribution in [-0.4, -0.2) is 23.6 Å². The van der Waals surface area contributed by atoms with Gasteiger partial charge in [-0.1, -0.05) is 18.9 Å². The highest BCUT2D eigenvalue weighted by molar-refractivity contribution is 5.91. The van der Waals surface area contributed by atoms with Crippen LogP contribution in [0.5, 0.6) is 0 Å². The van der Waals surface area contributed by atoms with Gasteiger partial charge < -0.3 is 10.6 Å². The van der Waals surface area contributed by atoms with Crippen molar-refractivity contribution in [3.63, 3.8) is 0 Å². The van der Waals surface area contributed by atoms with Crippen molar-refractivity contribution >= 4 is 16.6 Å². The average molecular weight is 283 g/mol. The van der Waals surface area contributed by atoms with Gasteiger partial charge in [0, 0.05) is 29.4 Å². The van der Waals surface area contributed by atoms with Crippen LogP contribution in [0, 0.1) is 0 Å². The lowest BCUT2D eigenvalue weighted by atomic mass is 10.0. The van der Waals surface area contributed by atoms with Crippen LogP contribution >= 0.6 is 0 Å². The summed E-state index contributed by atoms with van der Waals surface area (Å²) in [5.41, 5.74) is 2.25. The summed E-state index contributed by atoms with van der Waals surface area (Å²) in [4.78, 5) is 4.42. The first-order chi connectivity index (χ1) is 10.3. The molecule has 3 rings (SSSR count). The molecule has 1 saturated heterocycles. The van der Waals surface area contributed by atoms with Gasteiger partial charge in [-0.3, -0.25) is 4.98 Å². The van der Waals surface area contributed by atoms with Gasteiger partial charge in [-0.2, -0.15) is 0 Å². The normalized spacial score (nSPS) is 20.9. The molecule has 2 unspecified atom stereocenters. The van der Waals surface area contributed by atoms with E-state index in [0.29, 0.717) is 12.1 Å². The molecule has 0 aliphatic carbocycles. The van der Waals surface area contributed by atoms with Crippen molar-refractivity contribution in [1.82, 2.24) is 10.3 Å². The summed E-state index contributed by atoms with van der Waals surface area (Å²) < 4.78 is 0. The highest BCUT2D eigenvalue weighted by atomic mass is 15.0. The van der Waals surface area contributed by atoms with Gasteiger partial charge in [-0.05, 0) is 57.0 Å². The molecule has 1 aromatic heterocycles. The second-order valence-electron chi connectivity index (χ2n) is 6.16. The second kappa shape index (κ2) is 6.90. The number of benzene rings is 1. The van der Waals surface area contributed by atoms with E-state index in [1.807, 2.05) is 12.3 Å². The maximum absolute atomic E-state index is 4.42. The van der Waals surface area contributed by atoms with E-state index in [9.17, 15) is 0 Å². The summed E-state index contributed by atoms with van der Waals surface area (Å²) in [6.45, 7) is 3.46. The average Bonchev–Trinajstić information content (AvgIpc) is 2.76. The lowest BCUT2D eigenvalue weighted by Gasteiger charge is -2.22. The van der Waals surface area contributed by atoms with Crippen LogP contribution in [0.2, 0.25) is 0 Å². The molecule has 3 nitrogen and oxygen atoms in total. The van der Waals surface area contributed by atoms with E-state index in [1.54, 1.807) is 0 Å². The third kappa shape index (κ3) is 3.73. The predicted molar refractivity (Wildman–Crippen MR) is 89.7 cm³/mol. The molecule has 2 heterocycles. The molecular formula is C18H25N3. The largest absolute Gasteiger partial charge is 0.382 e. The Kier molecular flexibility index (Phi) is 4.71. The third-order valence-corrected chi connectivity index (χ3v) is 4.35. The van der Waals surface area contributed by atoms with Crippen molar-refractivity contribution in [3.8, 4) is 0 Å². The van der Waals surface area contributed by atoms with Crippen molar-refractivity contribution in [2.24, 2.45) is 0 Å². The molecule has 21 heavy (non-hydrogen) atoms. The van der Waals surface area contributed by atoms with E-state index in [0.717, 1.165) is 5.52 Å². The van der Waals surface area contributed by atoms with Gasteiger partial charge in [0.1, 0.15) is 0 Å².